The van der Waals surface area contributed by atoms with Gasteiger partial charge in [-0.15, -0.1) is 0 Å². The number of likely N-dealkylation sites (N-methyl/N-ethyl adjacent to an activating group) is 1. The topological polar surface area (TPSA) is 44.9 Å². The van der Waals surface area contributed by atoms with Crippen molar-refractivity contribution in [1.82, 2.24) is 10.3 Å². The standard InChI is InChI=1S/C18H24N2O/c1-3-19-17(18(21)14-9-8-12(14)2)10-13-11-20-16-7-5-4-6-15(13)16/h4-7,11-12,14,17,19-20H,3,8-10H2,1-2H3/t12-,14+,17+/m1/s1. The van der Waals surface area contributed by atoms with Gasteiger partial charge in [-0.3, -0.25) is 4.79 Å². The number of Topliss-reactive ketones (excluding diaryl/α,β-unsaturated/α-hetero) is 1. The van der Waals surface area contributed by atoms with Gasteiger partial charge < -0.3 is 10.3 Å². The van der Waals surface area contributed by atoms with Crippen LogP contribution < -0.4 is 5.32 Å². The molecule has 3 nitrogen and oxygen atoms in total. The number of carbonyl (C=O) groups excluding carboxylic acids is 1. The zero-order chi connectivity index (χ0) is 14.8. The van der Waals surface area contributed by atoms with Gasteiger partial charge in [0.15, 0.2) is 5.78 Å². The highest BCUT2D eigenvalue weighted by Crippen LogP contribution is 2.35. The van der Waals surface area contributed by atoms with Crippen LogP contribution in [0, 0.1) is 11.8 Å². The van der Waals surface area contributed by atoms with E-state index in [1.54, 1.807) is 0 Å². The van der Waals surface area contributed by atoms with E-state index in [9.17, 15) is 4.79 Å². The fourth-order valence-corrected chi connectivity index (χ4v) is 3.39. The van der Waals surface area contributed by atoms with Crippen LogP contribution in [0.4, 0.5) is 0 Å². The van der Waals surface area contributed by atoms with E-state index < -0.39 is 0 Å². The molecule has 2 aromatic rings. The van der Waals surface area contributed by atoms with E-state index in [4.69, 9.17) is 0 Å². The molecule has 0 saturated heterocycles. The van der Waals surface area contributed by atoms with Crippen molar-refractivity contribution in [2.45, 2.75) is 39.2 Å². The number of ketones is 1. The average molecular weight is 284 g/mol. The molecule has 3 atom stereocenters. The lowest BCUT2D eigenvalue weighted by molar-refractivity contribution is -0.129. The van der Waals surface area contributed by atoms with Crippen LogP contribution in [0.3, 0.4) is 0 Å². The van der Waals surface area contributed by atoms with Gasteiger partial charge in [0, 0.05) is 23.0 Å². The molecule has 3 heteroatoms. The predicted molar refractivity (Wildman–Crippen MR) is 86.4 cm³/mol. The minimum absolute atomic E-state index is 0.0537. The van der Waals surface area contributed by atoms with Crippen LogP contribution in [0.2, 0.25) is 0 Å². The number of nitrogens with one attached hydrogen (secondary N) is 2. The summed E-state index contributed by atoms with van der Waals surface area (Å²) < 4.78 is 0. The number of H-pyrrole nitrogens is 1. The lowest BCUT2D eigenvalue weighted by atomic mass is 9.70. The van der Waals surface area contributed by atoms with Crippen LogP contribution in [0.1, 0.15) is 32.3 Å². The molecule has 3 rings (SSSR count). The van der Waals surface area contributed by atoms with E-state index in [2.05, 4.69) is 42.3 Å². The Kier molecular flexibility index (Phi) is 4.11. The highest BCUT2D eigenvalue weighted by molar-refractivity contribution is 5.89. The normalized spacial score (nSPS) is 23.0. The molecule has 1 fully saturated rings. The number of benzene rings is 1. The molecule has 112 valence electrons. The van der Waals surface area contributed by atoms with Gasteiger partial charge >= 0.3 is 0 Å². The fraction of sp³-hybridized carbons (Fsp3) is 0.500. The van der Waals surface area contributed by atoms with Crippen LogP contribution in [0.15, 0.2) is 30.5 Å². The second kappa shape index (κ2) is 6.02. The molecular formula is C18H24N2O. The average Bonchev–Trinajstić information content (AvgIpc) is 2.88. The van der Waals surface area contributed by atoms with E-state index >= 15 is 0 Å². The third kappa shape index (κ3) is 2.75. The van der Waals surface area contributed by atoms with Gasteiger partial charge in [-0.05, 0) is 43.4 Å². The summed E-state index contributed by atoms with van der Waals surface area (Å²) >= 11 is 0. The van der Waals surface area contributed by atoms with E-state index in [0.717, 1.165) is 24.9 Å². The van der Waals surface area contributed by atoms with Crippen LogP contribution in [0.5, 0.6) is 0 Å². The first-order chi connectivity index (χ1) is 10.2. The van der Waals surface area contributed by atoms with Crippen molar-refractivity contribution in [3.05, 3.63) is 36.0 Å². The van der Waals surface area contributed by atoms with Crippen molar-refractivity contribution in [2.24, 2.45) is 11.8 Å². The lowest BCUT2D eigenvalue weighted by Gasteiger charge is -2.35. The van der Waals surface area contributed by atoms with Crippen molar-refractivity contribution in [3.63, 3.8) is 0 Å². The molecule has 1 aliphatic rings. The third-order valence-electron chi connectivity index (χ3n) is 4.88. The summed E-state index contributed by atoms with van der Waals surface area (Å²) in [6.07, 6.45) is 5.09. The van der Waals surface area contributed by atoms with Gasteiger partial charge in [0.05, 0.1) is 6.04 Å². The molecule has 1 aromatic heterocycles. The Hall–Kier alpha value is -1.61. The minimum Gasteiger partial charge on any atom is -0.361 e. The second-order valence-corrected chi connectivity index (χ2v) is 6.24. The molecule has 0 spiro atoms. The van der Waals surface area contributed by atoms with Crippen molar-refractivity contribution in [2.75, 3.05) is 6.54 Å². The van der Waals surface area contributed by atoms with Crippen LogP contribution >= 0.6 is 0 Å². The summed E-state index contributed by atoms with van der Waals surface area (Å²) in [5, 5.41) is 4.62. The number of aromatic amines is 1. The molecule has 0 unspecified atom stereocenters. The summed E-state index contributed by atoms with van der Waals surface area (Å²) in [7, 11) is 0. The van der Waals surface area contributed by atoms with Crippen LogP contribution in [-0.4, -0.2) is 23.4 Å². The van der Waals surface area contributed by atoms with Crippen LogP contribution in [-0.2, 0) is 11.2 Å². The molecule has 0 aliphatic heterocycles. The summed E-state index contributed by atoms with van der Waals surface area (Å²) in [5.41, 5.74) is 2.38. The Bertz CT molecular complexity index is 631. The first kappa shape index (κ1) is 14.3. The van der Waals surface area contributed by atoms with Gasteiger partial charge in [-0.1, -0.05) is 32.0 Å². The molecule has 1 aromatic carbocycles. The number of hydrogen-bond donors (Lipinski definition) is 2. The Morgan fingerprint density at radius 3 is 2.86 bits per heavy atom. The zero-order valence-corrected chi connectivity index (χ0v) is 12.9. The molecule has 0 amide bonds. The highest BCUT2D eigenvalue weighted by Gasteiger charge is 2.36. The quantitative estimate of drug-likeness (QED) is 0.855. The first-order valence-corrected chi connectivity index (χ1v) is 8.02. The number of fused-ring (bicyclic) bond motifs is 1. The molecule has 1 aliphatic carbocycles. The van der Waals surface area contributed by atoms with Crippen molar-refractivity contribution >= 4 is 16.7 Å². The van der Waals surface area contributed by atoms with Gasteiger partial charge in [-0.25, -0.2) is 0 Å². The summed E-state index contributed by atoms with van der Waals surface area (Å²) in [4.78, 5) is 16.0. The Morgan fingerprint density at radius 2 is 2.19 bits per heavy atom. The van der Waals surface area contributed by atoms with E-state index in [0.29, 0.717) is 11.7 Å². The van der Waals surface area contributed by atoms with Crippen LogP contribution in [0.25, 0.3) is 10.9 Å². The molecule has 0 bridgehead atoms. The first-order valence-electron chi connectivity index (χ1n) is 8.02. The Labute approximate surface area is 126 Å². The SMILES string of the molecule is CCN[C@@H](Cc1c[nH]c2ccccc12)C(=O)[C@H]1CC[C@H]1C. The van der Waals surface area contributed by atoms with Gasteiger partial charge in [-0.2, -0.15) is 0 Å². The van der Waals surface area contributed by atoms with Crippen molar-refractivity contribution in [1.29, 1.82) is 0 Å². The molecule has 0 radical (unpaired) electrons. The van der Waals surface area contributed by atoms with E-state index in [1.165, 1.54) is 17.4 Å². The maximum atomic E-state index is 12.7. The molecule has 21 heavy (non-hydrogen) atoms. The molecular weight excluding hydrogens is 260 g/mol. The summed E-state index contributed by atoms with van der Waals surface area (Å²) in [6.45, 7) is 5.10. The predicted octanol–water partition coefficient (Wildman–Crippen LogP) is 3.30. The summed E-state index contributed by atoms with van der Waals surface area (Å²) in [5.74, 6) is 1.22. The minimum atomic E-state index is -0.0537. The fourth-order valence-electron chi connectivity index (χ4n) is 3.39. The van der Waals surface area contributed by atoms with E-state index in [1.807, 2.05) is 12.3 Å². The third-order valence-corrected chi connectivity index (χ3v) is 4.88. The van der Waals surface area contributed by atoms with Gasteiger partial charge in [0.1, 0.15) is 0 Å². The number of aromatic nitrogens is 1. The number of para-hydroxylation sites is 1. The van der Waals surface area contributed by atoms with Crippen molar-refractivity contribution in [3.8, 4) is 0 Å². The second-order valence-electron chi connectivity index (χ2n) is 6.24. The maximum Gasteiger partial charge on any atom is 0.153 e. The molecule has 2 N–H and O–H groups in total. The smallest absolute Gasteiger partial charge is 0.153 e. The maximum absolute atomic E-state index is 12.7. The molecule has 1 saturated carbocycles. The Morgan fingerprint density at radius 1 is 1.38 bits per heavy atom. The number of rotatable bonds is 6. The van der Waals surface area contributed by atoms with Crippen molar-refractivity contribution < 1.29 is 4.79 Å². The highest BCUT2D eigenvalue weighted by atomic mass is 16.1. The number of carbonyl (C=O) groups is 1. The monoisotopic (exact) mass is 284 g/mol. The number of hydrogen-bond acceptors (Lipinski definition) is 2. The largest absolute Gasteiger partial charge is 0.361 e. The molecule has 1 heterocycles. The van der Waals surface area contributed by atoms with Gasteiger partial charge in [0.25, 0.3) is 0 Å². The van der Waals surface area contributed by atoms with E-state index in [-0.39, 0.29) is 12.0 Å². The lowest BCUT2D eigenvalue weighted by Crippen LogP contribution is -2.46. The Balaban J connectivity index is 1.80. The zero-order valence-electron chi connectivity index (χ0n) is 12.9. The van der Waals surface area contributed by atoms with Gasteiger partial charge in [0.2, 0.25) is 0 Å². The summed E-state index contributed by atoms with van der Waals surface area (Å²) in [6, 6.07) is 8.24.